The molecule has 30 heavy (non-hydrogen) atoms. The maximum atomic E-state index is 13.3. The number of halogens is 2. The topological polar surface area (TPSA) is 51.0 Å². The summed E-state index contributed by atoms with van der Waals surface area (Å²) in [4.78, 5) is 25.1. The molecule has 0 fully saturated rings. The van der Waals surface area contributed by atoms with Gasteiger partial charge in [0, 0.05) is 40.4 Å². The first-order chi connectivity index (χ1) is 14.1. The highest BCUT2D eigenvalue weighted by Crippen LogP contribution is 2.32. The van der Waals surface area contributed by atoms with Crippen LogP contribution in [0.5, 0.6) is 0 Å². The van der Waals surface area contributed by atoms with E-state index < -0.39 is 0 Å². The van der Waals surface area contributed by atoms with Crippen molar-refractivity contribution in [3.05, 3.63) is 71.2 Å². The molecule has 9 heteroatoms. The molecule has 0 atom stereocenters. The molecule has 4 rings (SSSR count). The molecule has 5 nitrogen and oxygen atoms in total. The molecular formula is C21H20BrClN4OS2. The molecule has 0 N–H and O–H groups in total. The molecule has 0 aliphatic heterocycles. The quantitative estimate of drug-likeness (QED) is 0.273. The first kappa shape index (κ1) is 22.8. The van der Waals surface area contributed by atoms with Gasteiger partial charge in [-0.3, -0.25) is 9.69 Å². The van der Waals surface area contributed by atoms with E-state index in [4.69, 9.17) is 4.98 Å². The number of aryl methyl sites for hydroxylation is 1. The van der Waals surface area contributed by atoms with Crippen LogP contribution >= 0.6 is 51.4 Å². The fraction of sp³-hybridized carbons (Fsp3) is 0.190. The van der Waals surface area contributed by atoms with Gasteiger partial charge >= 0.3 is 0 Å². The van der Waals surface area contributed by atoms with Crippen molar-refractivity contribution >= 4 is 72.7 Å². The van der Waals surface area contributed by atoms with E-state index >= 15 is 0 Å². The molecule has 2 aromatic carbocycles. The molecule has 2 heterocycles. The molecule has 1 amide bonds. The molecule has 0 unspecified atom stereocenters. The Kier molecular flexibility index (Phi) is 7.93. The number of amides is 1. The number of hydrogen-bond donors (Lipinski definition) is 0. The van der Waals surface area contributed by atoms with Crippen molar-refractivity contribution in [3.8, 4) is 0 Å². The molecule has 2 aromatic heterocycles. The Morgan fingerprint density at radius 1 is 1.23 bits per heavy atom. The predicted molar refractivity (Wildman–Crippen MR) is 131 cm³/mol. The summed E-state index contributed by atoms with van der Waals surface area (Å²) < 4.78 is 4.08. The zero-order valence-electron chi connectivity index (χ0n) is 16.2. The number of aromatic nitrogens is 3. The SMILES string of the molecule is CSc1ccc(C(=O)N(CCCn2ccnc2)c2nc3ccc(Br)cc3s2)cc1.Cl. The van der Waals surface area contributed by atoms with Crippen molar-refractivity contribution in [1.29, 1.82) is 0 Å². The van der Waals surface area contributed by atoms with Crippen molar-refractivity contribution < 1.29 is 4.79 Å². The Labute approximate surface area is 198 Å². The summed E-state index contributed by atoms with van der Waals surface area (Å²) in [5.41, 5.74) is 1.57. The van der Waals surface area contributed by atoms with E-state index in [2.05, 4.69) is 20.9 Å². The third-order valence-electron chi connectivity index (χ3n) is 4.51. The molecule has 0 aliphatic carbocycles. The highest BCUT2D eigenvalue weighted by Gasteiger charge is 2.21. The van der Waals surface area contributed by atoms with E-state index in [0.717, 1.165) is 37.7 Å². The van der Waals surface area contributed by atoms with Crippen LogP contribution in [0, 0.1) is 0 Å². The molecule has 0 bridgehead atoms. The third kappa shape index (κ3) is 5.24. The van der Waals surface area contributed by atoms with Crippen molar-refractivity contribution in [3.63, 3.8) is 0 Å². The van der Waals surface area contributed by atoms with Gasteiger partial charge in [0.1, 0.15) is 0 Å². The van der Waals surface area contributed by atoms with Crippen molar-refractivity contribution in [2.45, 2.75) is 17.9 Å². The van der Waals surface area contributed by atoms with Crippen LogP contribution in [0.1, 0.15) is 16.8 Å². The van der Waals surface area contributed by atoms with E-state index in [0.29, 0.717) is 12.1 Å². The summed E-state index contributed by atoms with van der Waals surface area (Å²) in [6.45, 7) is 1.38. The molecule has 0 aliphatic rings. The molecule has 4 aromatic rings. The lowest BCUT2D eigenvalue weighted by molar-refractivity contribution is 0.0986. The Bertz CT molecular complexity index is 1120. The van der Waals surface area contributed by atoms with Gasteiger partial charge in [-0.05, 0) is 55.1 Å². The molecule has 0 saturated carbocycles. The Morgan fingerprint density at radius 2 is 2.03 bits per heavy atom. The Morgan fingerprint density at radius 3 is 2.73 bits per heavy atom. The second-order valence-corrected chi connectivity index (χ2v) is 9.25. The van der Waals surface area contributed by atoms with Crippen LogP contribution < -0.4 is 4.90 Å². The monoisotopic (exact) mass is 522 g/mol. The summed E-state index contributed by atoms with van der Waals surface area (Å²) in [6, 6.07) is 13.7. The van der Waals surface area contributed by atoms with Crippen LogP contribution in [0.15, 0.2) is 70.6 Å². The fourth-order valence-electron chi connectivity index (χ4n) is 3.01. The second kappa shape index (κ2) is 10.4. The Hall–Kier alpha value is -1.87. The summed E-state index contributed by atoms with van der Waals surface area (Å²) in [6.07, 6.45) is 8.33. The van der Waals surface area contributed by atoms with Gasteiger partial charge in [0.15, 0.2) is 5.13 Å². The number of rotatable bonds is 7. The molecule has 0 saturated heterocycles. The van der Waals surface area contributed by atoms with Gasteiger partial charge in [-0.1, -0.05) is 27.3 Å². The molecular weight excluding hydrogens is 504 g/mol. The van der Waals surface area contributed by atoms with Gasteiger partial charge in [0.25, 0.3) is 5.91 Å². The van der Waals surface area contributed by atoms with E-state index in [9.17, 15) is 4.79 Å². The van der Waals surface area contributed by atoms with Crippen LogP contribution in [0.25, 0.3) is 10.2 Å². The number of carbonyl (C=O) groups excluding carboxylic acids is 1. The van der Waals surface area contributed by atoms with E-state index in [1.807, 2.05) is 59.5 Å². The van der Waals surface area contributed by atoms with Gasteiger partial charge in [0.05, 0.1) is 16.5 Å². The van der Waals surface area contributed by atoms with Gasteiger partial charge in [-0.25, -0.2) is 9.97 Å². The highest BCUT2D eigenvalue weighted by atomic mass is 79.9. The minimum absolute atomic E-state index is 0. The lowest BCUT2D eigenvalue weighted by Crippen LogP contribution is -2.32. The second-order valence-electron chi connectivity index (χ2n) is 6.45. The van der Waals surface area contributed by atoms with Crippen LogP contribution in [-0.2, 0) is 6.54 Å². The fourth-order valence-corrected chi connectivity index (χ4v) is 4.96. The number of fused-ring (bicyclic) bond motifs is 1. The normalized spacial score (nSPS) is 10.7. The number of imidazole rings is 1. The number of anilines is 1. The van der Waals surface area contributed by atoms with Crippen LogP contribution in [0.4, 0.5) is 5.13 Å². The number of nitrogens with zero attached hydrogens (tertiary/aromatic N) is 4. The van der Waals surface area contributed by atoms with E-state index in [1.54, 1.807) is 29.2 Å². The van der Waals surface area contributed by atoms with Gasteiger partial charge in [-0.2, -0.15) is 0 Å². The molecule has 0 spiro atoms. The number of thioether (sulfide) groups is 1. The Balaban J connectivity index is 0.00000256. The summed E-state index contributed by atoms with van der Waals surface area (Å²) in [5.74, 6) is -0.0265. The van der Waals surface area contributed by atoms with Crippen LogP contribution in [0.3, 0.4) is 0 Å². The van der Waals surface area contributed by atoms with Crippen molar-refractivity contribution in [2.75, 3.05) is 17.7 Å². The highest BCUT2D eigenvalue weighted by molar-refractivity contribution is 9.10. The number of hydrogen-bond acceptors (Lipinski definition) is 5. The molecule has 156 valence electrons. The largest absolute Gasteiger partial charge is 0.337 e. The zero-order valence-corrected chi connectivity index (χ0v) is 20.2. The lowest BCUT2D eigenvalue weighted by atomic mass is 10.2. The summed E-state index contributed by atoms with van der Waals surface area (Å²) in [5, 5.41) is 0.725. The van der Waals surface area contributed by atoms with E-state index in [-0.39, 0.29) is 18.3 Å². The smallest absolute Gasteiger partial charge is 0.260 e. The number of benzene rings is 2. The average molecular weight is 524 g/mol. The minimum atomic E-state index is -0.0265. The van der Waals surface area contributed by atoms with Crippen LogP contribution in [-0.4, -0.2) is 33.2 Å². The van der Waals surface area contributed by atoms with Crippen molar-refractivity contribution in [2.24, 2.45) is 0 Å². The maximum absolute atomic E-state index is 13.3. The number of carbonyl (C=O) groups is 1. The minimum Gasteiger partial charge on any atom is -0.337 e. The van der Waals surface area contributed by atoms with E-state index in [1.165, 1.54) is 11.3 Å². The predicted octanol–water partition coefficient (Wildman–Crippen LogP) is 6.14. The zero-order chi connectivity index (χ0) is 20.2. The first-order valence-corrected chi connectivity index (χ1v) is 12.0. The first-order valence-electron chi connectivity index (χ1n) is 9.12. The lowest BCUT2D eigenvalue weighted by Gasteiger charge is -2.20. The van der Waals surface area contributed by atoms with Gasteiger partial charge in [0.2, 0.25) is 0 Å². The third-order valence-corrected chi connectivity index (χ3v) is 6.79. The average Bonchev–Trinajstić information content (AvgIpc) is 3.40. The molecule has 0 radical (unpaired) electrons. The standard InChI is InChI=1S/C21H19BrN4OS2.ClH/c1-28-17-6-3-15(4-7-17)20(27)26(11-2-10-25-12-9-23-14-25)21-24-18-8-5-16(22)13-19(18)29-21;/h3-9,12-14H,2,10-11H2,1H3;1H. The number of thiazole rings is 1. The van der Waals surface area contributed by atoms with Crippen molar-refractivity contribution in [1.82, 2.24) is 14.5 Å². The summed E-state index contributed by atoms with van der Waals surface area (Å²) in [7, 11) is 0. The van der Waals surface area contributed by atoms with Crippen LogP contribution in [0.2, 0.25) is 0 Å². The van der Waals surface area contributed by atoms with Gasteiger partial charge in [-0.15, -0.1) is 24.2 Å². The summed E-state index contributed by atoms with van der Waals surface area (Å²) >= 11 is 6.71. The maximum Gasteiger partial charge on any atom is 0.260 e. The van der Waals surface area contributed by atoms with Gasteiger partial charge < -0.3 is 4.57 Å².